The molecule has 0 radical (unpaired) electrons. The lowest BCUT2D eigenvalue weighted by molar-refractivity contribution is 0.0693. The van der Waals surface area contributed by atoms with Crippen LogP contribution in [0.4, 0.5) is 0 Å². The molecule has 128 valence electrons. The average Bonchev–Trinajstić information content (AvgIpc) is 3.14. The highest BCUT2D eigenvalue weighted by Crippen LogP contribution is 2.31. The highest BCUT2D eigenvalue weighted by Gasteiger charge is 2.34. The quantitative estimate of drug-likeness (QED) is 0.685. The van der Waals surface area contributed by atoms with Gasteiger partial charge in [0.05, 0.1) is 19.9 Å². The van der Waals surface area contributed by atoms with Crippen molar-refractivity contribution in [1.82, 2.24) is 10.1 Å². The van der Waals surface area contributed by atoms with Gasteiger partial charge in [-0.2, -0.15) is 0 Å². The van der Waals surface area contributed by atoms with Crippen LogP contribution in [0.2, 0.25) is 0 Å². The molecule has 0 unspecified atom stereocenters. The van der Waals surface area contributed by atoms with Crippen molar-refractivity contribution in [2.75, 3.05) is 7.11 Å². The van der Waals surface area contributed by atoms with E-state index >= 15 is 0 Å². The van der Waals surface area contributed by atoms with Crippen molar-refractivity contribution in [3.05, 3.63) is 60.2 Å². The van der Waals surface area contributed by atoms with E-state index < -0.39 is 0 Å². The van der Waals surface area contributed by atoms with Gasteiger partial charge in [-0.05, 0) is 49.2 Å². The second-order valence-electron chi connectivity index (χ2n) is 6.05. The number of carbonyl (C=O) groups is 1. The number of amides is 1. The first-order valence-electron chi connectivity index (χ1n) is 8.19. The maximum Gasteiger partial charge on any atom is 0.290 e. The Hall–Kier alpha value is -3.02. The van der Waals surface area contributed by atoms with Gasteiger partial charge in [0.25, 0.3) is 5.91 Å². The van der Waals surface area contributed by atoms with Crippen LogP contribution in [0.3, 0.4) is 0 Å². The summed E-state index contributed by atoms with van der Waals surface area (Å²) in [5, 5.41) is 4.12. The minimum Gasteiger partial charge on any atom is -0.497 e. The van der Waals surface area contributed by atoms with E-state index in [0.717, 1.165) is 29.8 Å². The Morgan fingerprint density at radius 3 is 2.72 bits per heavy atom. The number of rotatable bonds is 6. The van der Waals surface area contributed by atoms with E-state index in [4.69, 9.17) is 13.7 Å². The fraction of sp³-hybridized carbons (Fsp3) is 0.263. The van der Waals surface area contributed by atoms with Crippen LogP contribution in [0.15, 0.2) is 57.7 Å². The van der Waals surface area contributed by atoms with Crippen molar-refractivity contribution in [2.45, 2.75) is 25.4 Å². The third-order valence-corrected chi connectivity index (χ3v) is 4.25. The zero-order chi connectivity index (χ0) is 17.2. The number of benzene rings is 1. The van der Waals surface area contributed by atoms with Crippen molar-refractivity contribution in [2.24, 2.45) is 0 Å². The molecule has 1 amide bonds. The van der Waals surface area contributed by atoms with E-state index in [2.05, 4.69) is 5.16 Å². The molecule has 25 heavy (non-hydrogen) atoms. The first kappa shape index (κ1) is 15.5. The molecular weight excluding hydrogens is 320 g/mol. The molecule has 1 fully saturated rings. The third-order valence-electron chi connectivity index (χ3n) is 4.25. The second-order valence-corrected chi connectivity index (χ2v) is 6.05. The monoisotopic (exact) mass is 338 g/mol. The van der Waals surface area contributed by atoms with Gasteiger partial charge in [0.1, 0.15) is 11.4 Å². The molecule has 2 aromatic heterocycles. The van der Waals surface area contributed by atoms with E-state index in [1.807, 2.05) is 30.3 Å². The number of nitrogens with zero attached hydrogens (tertiary/aromatic N) is 2. The minimum absolute atomic E-state index is 0.110. The molecule has 1 aromatic carbocycles. The minimum atomic E-state index is -0.110. The zero-order valence-electron chi connectivity index (χ0n) is 13.8. The summed E-state index contributed by atoms with van der Waals surface area (Å²) in [6, 6.07) is 13.1. The fourth-order valence-electron chi connectivity index (χ4n) is 2.75. The molecule has 3 aromatic rings. The van der Waals surface area contributed by atoms with Gasteiger partial charge in [0.2, 0.25) is 0 Å². The van der Waals surface area contributed by atoms with Gasteiger partial charge in [-0.15, -0.1) is 0 Å². The van der Waals surface area contributed by atoms with Gasteiger partial charge in [-0.1, -0.05) is 5.16 Å². The second kappa shape index (κ2) is 6.47. The average molecular weight is 338 g/mol. The topological polar surface area (TPSA) is 68.7 Å². The van der Waals surface area contributed by atoms with Crippen molar-refractivity contribution >= 4 is 5.91 Å². The SMILES string of the molecule is COc1ccc(-c2cc(CN(C(=O)c3ccco3)C3CC3)no2)cc1. The molecule has 0 N–H and O–H groups in total. The number of ether oxygens (including phenoxy) is 1. The molecule has 2 heterocycles. The van der Waals surface area contributed by atoms with Crippen molar-refractivity contribution in [1.29, 1.82) is 0 Å². The lowest BCUT2D eigenvalue weighted by Gasteiger charge is -2.19. The maximum atomic E-state index is 12.6. The Morgan fingerprint density at radius 2 is 2.08 bits per heavy atom. The Balaban J connectivity index is 1.51. The molecule has 4 rings (SSSR count). The number of methoxy groups -OCH3 is 1. The number of hydrogen-bond donors (Lipinski definition) is 0. The summed E-state index contributed by atoms with van der Waals surface area (Å²) < 4.78 is 15.8. The molecule has 0 atom stereocenters. The molecule has 1 aliphatic rings. The van der Waals surface area contributed by atoms with Crippen LogP contribution in [0.5, 0.6) is 5.75 Å². The van der Waals surface area contributed by atoms with Crippen LogP contribution in [0.1, 0.15) is 29.1 Å². The van der Waals surface area contributed by atoms with Gasteiger partial charge in [-0.25, -0.2) is 0 Å². The van der Waals surface area contributed by atoms with E-state index in [-0.39, 0.29) is 11.9 Å². The third kappa shape index (κ3) is 3.28. The van der Waals surface area contributed by atoms with Gasteiger partial charge in [-0.3, -0.25) is 4.79 Å². The van der Waals surface area contributed by atoms with Gasteiger partial charge in [0, 0.05) is 17.7 Å². The number of aromatic nitrogens is 1. The Kier molecular flexibility index (Phi) is 4.01. The zero-order valence-corrected chi connectivity index (χ0v) is 13.8. The summed E-state index contributed by atoms with van der Waals surface area (Å²) in [6.45, 7) is 0.407. The normalized spacial score (nSPS) is 13.6. The molecule has 6 heteroatoms. The van der Waals surface area contributed by atoms with E-state index in [0.29, 0.717) is 18.1 Å². The maximum absolute atomic E-state index is 12.6. The molecule has 0 saturated heterocycles. The molecule has 1 saturated carbocycles. The smallest absolute Gasteiger partial charge is 0.290 e. The molecule has 6 nitrogen and oxygen atoms in total. The standard InChI is InChI=1S/C19H18N2O4/c1-23-16-8-4-13(5-9-16)18-11-14(20-25-18)12-21(15-6-7-15)19(22)17-3-2-10-24-17/h2-5,8-11,15H,6-7,12H2,1H3. The molecular formula is C19H18N2O4. The van der Waals surface area contributed by atoms with Gasteiger partial charge >= 0.3 is 0 Å². The first-order chi connectivity index (χ1) is 12.2. The van der Waals surface area contributed by atoms with Crippen LogP contribution in [-0.4, -0.2) is 29.1 Å². The molecule has 0 spiro atoms. The lowest BCUT2D eigenvalue weighted by atomic mass is 10.1. The van der Waals surface area contributed by atoms with Crippen LogP contribution in [-0.2, 0) is 6.54 Å². The van der Waals surface area contributed by atoms with Crippen LogP contribution >= 0.6 is 0 Å². The Bertz CT molecular complexity index is 848. The predicted octanol–water partition coefficient (Wildman–Crippen LogP) is 3.75. The van der Waals surface area contributed by atoms with Crippen molar-refractivity contribution in [3.8, 4) is 17.1 Å². The van der Waals surface area contributed by atoms with Crippen LogP contribution in [0, 0.1) is 0 Å². The van der Waals surface area contributed by atoms with E-state index in [1.165, 1.54) is 6.26 Å². The Morgan fingerprint density at radius 1 is 1.28 bits per heavy atom. The summed E-state index contributed by atoms with van der Waals surface area (Å²) in [6.07, 6.45) is 3.53. The molecule has 1 aliphatic carbocycles. The van der Waals surface area contributed by atoms with Crippen molar-refractivity contribution in [3.63, 3.8) is 0 Å². The highest BCUT2D eigenvalue weighted by molar-refractivity contribution is 5.91. The summed E-state index contributed by atoms with van der Waals surface area (Å²) in [7, 11) is 1.63. The van der Waals surface area contributed by atoms with Gasteiger partial charge < -0.3 is 18.6 Å². The first-order valence-corrected chi connectivity index (χ1v) is 8.19. The summed E-state index contributed by atoms with van der Waals surface area (Å²) in [4.78, 5) is 14.4. The van der Waals surface area contributed by atoms with Crippen molar-refractivity contribution < 1.29 is 18.5 Å². The lowest BCUT2D eigenvalue weighted by Crippen LogP contribution is -2.32. The van der Waals surface area contributed by atoms with E-state index in [1.54, 1.807) is 24.1 Å². The fourth-order valence-corrected chi connectivity index (χ4v) is 2.75. The number of hydrogen-bond acceptors (Lipinski definition) is 5. The largest absolute Gasteiger partial charge is 0.497 e. The summed E-state index contributed by atoms with van der Waals surface area (Å²) in [5.74, 6) is 1.69. The number of furan rings is 1. The molecule has 0 bridgehead atoms. The highest BCUT2D eigenvalue weighted by atomic mass is 16.5. The van der Waals surface area contributed by atoms with Crippen LogP contribution in [0.25, 0.3) is 11.3 Å². The van der Waals surface area contributed by atoms with E-state index in [9.17, 15) is 4.79 Å². The predicted molar refractivity (Wildman–Crippen MR) is 90.1 cm³/mol. The number of carbonyl (C=O) groups excluding carboxylic acids is 1. The van der Waals surface area contributed by atoms with Crippen LogP contribution < -0.4 is 4.74 Å². The summed E-state index contributed by atoms with van der Waals surface area (Å²) in [5.41, 5.74) is 1.63. The molecule has 0 aliphatic heterocycles. The van der Waals surface area contributed by atoms with Gasteiger partial charge in [0.15, 0.2) is 11.5 Å². The Labute approximate surface area is 145 Å². The summed E-state index contributed by atoms with van der Waals surface area (Å²) >= 11 is 0.